The average Bonchev–Trinajstić information content (AvgIpc) is 3.66. The van der Waals surface area contributed by atoms with Crippen molar-refractivity contribution in [2.45, 2.75) is 62.5 Å². The number of nitrogens with zero attached hydrogens (tertiary/aromatic N) is 7. The molecule has 1 N–H and O–H groups in total. The molecule has 0 bridgehead atoms. The number of halogens is 2. The third-order valence-electron chi connectivity index (χ3n) is 8.59. The van der Waals surface area contributed by atoms with Crippen LogP contribution in [0.3, 0.4) is 0 Å². The fraction of sp³-hybridized carbons (Fsp3) is 0.469. The van der Waals surface area contributed by atoms with Crippen LogP contribution in [-0.2, 0) is 16.1 Å². The standard InChI is InChI=1S/C32H38F2N8O4S/c1-21(2)47-22-5-6-26(46-31(33)34)23(17-22)28-25(37-30(44)24-18-36-42-10-4-9-35-29(24)42)19-41(38-28)20-27(43)39-11-7-32(3,8-12-39)40-13-15-45-16-14-40/h4-6,9-10,17-19,21,31H,7-8,11-16,20H2,1-3H3,(H,37,44). The highest BCUT2D eigenvalue weighted by Gasteiger charge is 2.37. The molecule has 2 aliphatic heterocycles. The highest BCUT2D eigenvalue weighted by molar-refractivity contribution is 7.99. The summed E-state index contributed by atoms with van der Waals surface area (Å²) in [6, 6.07) is 6.58. The fourth-order valence-electron chi connectivity index (χ4n) is 6.10. The zero-order valence-corrected chi connectivity index (χ0v) is 27.4. The van der Waals surface area contributed by atoms with Crippen LogP contribution < -0.4 is 10.1 Å². The molecule has 3 aromatic heterocycles. The van der Waals surface area contributed by atoms with Gasteiger partial charge in [0, 0.05) is 66.0 Å². The van der Waals surface area contributed by atoms with Crippen LogP contribution in [0.5, 0.6) is 5.75 Å². The quantitative estimate of drug-likeness (QED) is 0.241. The number of carbonyl (C=O) groups is 2. The van der Waals surface area contributed by atoms with E-state index in [1.54, 1.807) is 48.6 Å². The molecule has 47 heavy (non-hydrogen) atoms. The number of rotatable bonds is 10. The van der Waals surface area contributed by atoms with Gasteiger partial charge < -0.3 is 19.7 Å². The smallest absolute Gasteiger partial charge is 0.387 e. The Labute approximate surface area is 275 Å². The number of carbonyl (C=O) groups excluding carboxylic acids is 2. The number of nitrogens with one attached hydrogen (secondary N) is 1. The van der Waals surface area contributed by atoms with Crippen LogP contribution in [0.25, 0.3) is 16.9 Å². The first kappa shape index (κ1) is 32.8. The second kappa shape index (κ2) is 14.0. The minimum Gasteiger partial charge on any atom is -0.434 e. The summed E-state index contributed by atoms with van der Waals surface area (Å²) in [6.45, 7) is 7.53. The lowest BCUT2D eigenvalue weighted by atomic mass is 9.87. The Balaban J connectivity index is 1.29. The van der Waals surface area contributed by atoms with E-state index in [1.807, 2.05) is 18.7 Å². The number of anilines is 1. The number of alkyl halides is 2. The van der Waals surface area contributed by atoms with Gasteiger partial charge in [-0.1, -0.05) is 13.8 Å². The molecule has 4 aromatic rings. The predicted molar refractivity (Wildman–Crippen MR) is 173 cm³/mol. The van der Waals surface area contributed by atoms with Crippen LogP contribution in [0, 0.1) is 0 Å². The second-order valence-electron chi connectivity index (χ2n) is 12.2. The number of amides is 2. The number of thioether (sulfide) groups is 1. The lowest BCUT2D eigenvalue weighted by molar-refractivity contribution is -0.135. The normalized spacial score (nSPS) is 17.0. The van der Waals surface area contributed by atoms with Gasteiger partial charge in [-0.2, -0.15) is 19.0 Å². The second-order valence-corrected chi connectivity index (χ2v) is 13.8. The van der Waals surface area contributed by atoms with Gasteiger partial charge in [0.15, 0.2) is 5.65 Å². The van der Waals surface area contributed by atoms with Gasteiger partial charge in [0.05, 0.1) is 25.1 Å². The van der Waals surface area contributed by atoms with Crippen molar-refractivity contribution < 1.29 is 27.8 Å². The molecule has 0 radical (unpaired) electrons. The van der Waals surface area contributed by atoms with E-state index < -0.39 is 12.5 Å². The first-order valence-corrected chi connectivity index (χ1v) is 16.5. The molecule has 250 valence electrons. The molecule has 0 aliphatic carbocycles. The first-order valence-electron chi connectivity index (χ1n) is 15.6. The Hall–Kier alpha value is -4.08. The van der Waals surface area contributed by atoms with E-state index >= 15 is 0 Å². The molecule has 2 saturated heterocycles. The summed E-state index contributed by atoms with van der Waals surface area (Å²) < 4.78 is 40.4. The summed E-state index contributed by atoms with van der Waals surface area (Å²) in [5.74, 6) is -0.745. The van der Waals surface area contributed by atoms with Crippen LogP contribution in [0.2, 0.25) is 0 Å². The SMILES string of the molecule is CC(C)Sc1ccc(OC(F)F)c(-c2nn(CC(=O)N3CCC(C)(N4CCOCC4)CC3)cc2NC(=O)c2cnn3cccnc23)c1. The molecule has 2 aliphatic rings. The fourth-order valence-corrected chi connectivity index (χ4v) is 6.98. The molecule has 2 fully saturated rings. The van der Waals surface area contributed by atoms with Crippen LogP contribution in [0.1, 0.15) is 44.0 Å². The Morgan fingerprint density at radius 3 is 2.64 bits per heavy atom. The van der Waals surface area contributed by atoms with E-state index in [9.17, 15) is 18.4 Å². The zero-order chi connectivity index (χ0) is 33.1. The molecule has 1 aromatic carbocycles. The van der Waals surface area contributed by atoms with Gasteiger partial charge in [-0.3, -0.25) is 19.2 Å². The number of ether oxygens (including phenoxy) is 2. The Morgan fingerprint density at radius 1 is 1.15 bits per heavy atom. The summed E-state index contributed by atoms with van der Waals surface area (Å²) in [4.78, 5) is 36.4. The number of fused-ring (bicyclic) bond motifs is 1. The van der Waals surface area contributed by atoms with Gasteiger partial charge in [0.2, 0.25) is 5.91 Å². The first-order chi connectivity index (χ1) is 22.6. The molecule has 2 amide bonds. The molecular formula is C32H38F2N8O4S. The van der Waals surface area contributed by atoms with Crippen molar-refractivity contribution >= 4 is 34.9 Å². The minimum atomic E-state index is -3.08. The number of hydrogen-bond donors (Lipinski definition) is 1. The number of likely N-dealkylation sites (tertiary alicyclic amines) is 1. The summed E-state index contributed by atoms with van der Waals surface area (Å²) in [7, 11) is 0. The van der Waals surface area contributed by atoms with Crippen molar-refractivity contribution in [2.24, 2.45) is 0 Å². The van der Waals surface area contributed by atoms with E-state index in [2.05, 4.69) is 32.3 Å². The number of benzene rings is 1. The maximum Gasteiger partial charge on any atom is 0.387 e. The minimum absolute atomic E-state index is 0.00394. The van der Waals surface area contributed by atoms with Gasteiger partial charge >= 0.3 is 6.61 Å². The summed E-state index contributed by atoms with van der Waals surface area (Å²) in [5.41, 5.74) is 1.24. The lowest BCUT2D eigenvalue weighted by Gasteiger charge is -2.48. The Kier molecular flexibility index (Phi) is 9.75. The van der Waals surface area contributed by atoms with Crippen LogP contribution in [0.4, 0.5) is 14.5 Å². The van der Waals surface area contributed by atoms with Crippen LogP contribution in [-0.4, -0.2) is 103 Å². The predicted octanol–water partition coefficient (Wildman–Crippen LogP) is 4.66. The van der Waals surface area contributed by atoms with Crippen LogP contribution in [0.15, 0.2) is 53.9 Å². The van der Waals surface area contributed by atoms with Gasteiger partial charge in [-0.05, 0) is 44.0 Å². The molecule has 12 nitrogen and oxygen atoms in total. The molecule has 0 saturated carbocycles. The number of aromatic nitrogens is 5. The van der Waals surface area contributed by atoms with E-state index in [0.717, 1.165) is 44.0 Å². The topological polar surface area (TPSA) is 119 Å². The van der Waals surface area contributed by atoms with E-state index in [1.165, 1.54) is 21.5 Å². The molecule has 15 heteroatoms. The highest BCUT2D eigenvalue weighted by Crippen LogP contribution is 2.39. The van der Waals surface area contributed by atoms with E-state index in [0.29, 0.717) is 18.7 Å². The van der Waals surface area contributed by atoms with Gasteiger partial charge in [0.25, 0.3) is 5.91 Å². The molecule has 0 spiro atoms. The van der Waals surface area contributed by atoms with Gasteiger partial charge in [-0.25, -0.2) is 9.50 Å². The summed E-state index contributed by atoms with van der Waals surface area (Å²) >= 11 is 1.54. The molecule has 6 rings (SSSR count). The zero-order valence-electron chi connectivity index (χ0n) is 26.6. The number of morpholine rings is 1. The van der Waals surface area contributed by atoms with Crippen molar-refractivity contribution in [3.8, 4) is 17.0 Å². The van der Waals surface area contributed by atoms with Gasteiger partial charge in [0.1, 0.15) is 23.6 Å². The molecule has 5 heterocycles. The van der Waals surface area contributed by atoms with Crippen molar-refractivity contribution in [3.63, 3.8) is 0 Å². The Morgan fingerprint density at radius 2 is 1.91 bits per heavy atom. The third-order valence-corrected chi connectivity index (χ3v) is 9.59. The largest absolute Gasteiger partial charge is 0.434 e. The summed E-state index contributed by atoms with van der Waals surface area (Å²) in [6.07, 6.45) is 7.85. The van der Waals surface area contributed by atoms with E-state index in [-0.39, 0.29) is 51.5 Å². The monoisotopic (exact) mass is 668 g/mol. The number of hydrogen-bond acceptors (Lipinski definition) is 9. The lowest BCUT2D eigenvalue weighted by Crippen LogP contribution is -2.57. The van der Waals surface area contributed by atoms with Crippen molar-refractivity contribution in [1.29, 1.82) is 0 Å². The average molecular weight is 669 g/mol. The van der Waals surface area contributed by atoms with E-state index in [4.69, 9.17) is 9.47 Å². The highest BCUT2D eigenvalue weighted by atomic mass is 32.2. The number of piperidine rings is 1. The molecule has 0 unspecified atom stereocenters. The van der Waals surface area contributed by atoms with Crippen molar-refractivity contribution in [1.82, 2.24) is 34.2 Å². The Bertz CT molecular complexity index is 1730. The maximum absolute atomic E-state index is 13.6. The maximum atomic E-state index is 13.6. The van der Waals surface area contributed by atoms with Crippen LogP contribution >= 0.6 is 11.8 Å². The van der Waals surface area contributed by atoms with Crippen molar-refractivity contribution in [2.75, 3.05) is 44.7 Å². The summed E-state index contributed by atoms with van der Waals surface area (Å²) in [5, 5.41) is 11.9. The van der Waals surface area contributed by atoms with Gasteiger partial charge in [-0.15, -0.1) is 11.8 Å². The molecular weight excluding hydrogens is 630 g/mol. The van der Waals surface area contributed by atoms with Crippen molar-refractivity contribution in [3.05, 3.63) is 54.6 Å². The molecule has 0 atom stereocenters. The third kappa shape index (κ3) is 7.41.